The average Bonchev–Trinajstić information content (AvgIpc) is 2.45. The van der Waals surface area contributed by atoms with Gasteiger partial charge < -0.3 is 15.4 Å². The normalized spacial score (nSPS) is 25.0. The minimum atomic E-state index is 0.175. The standard InChI is InChI=1S/C14H24N2O2/c17-14(12-4-2-1-3-5-12)16-10-11-18-13-6-8-15-9-7-13/h1-2,12-13,15H,3-11H2,(H,16,17). The van der Waals surface area contributed by atoms with Crippen LogP contribution in [0.1, 0.15) is 32.1 Å². The van der Waals surface area contributed by atoms with Gasteiger partial charge in [0, 0.05) is 12.5 Å². The average molecular weight is 252 g/mol. The topological polar surface area (TPSA) is 50.4 Å². The van der Waals surface area contributed by atoms with Crippen molar-refractivity contribution in [2.75, 3.05) is 26.2 Å². The summed E-state index contributed by atoms with van der Waals surface area (Å²) in [7, 11) is 0. The summed E-state index contributed by atoms with van der Waals surface area (Å²) >= 11 is 0. The summed E-state index contributed by atoms with van der Waals surface area (Å²) < 4.78 is 5.75. The number of piperidine rings is 1. The minimum absolute atomic E-state index is 0.175. The maximum atomic E-state index is 11.8. The van der Waals surface area contributed by atoms with Crippen LogP contribution in [0.2, 0.25) is 0 Å². The Morgan fingerprint density at radius 3 is 2.83 bits per heavy atom. The van der Waals surface area contributed by atoms with Gasteiger partial charge in [0.05, 0.1) is 12.7 Å². The van der Waals surface area contributed by atoms with Gasteiger partial charge in [0.2, 0.25) is 5.91 Å². The lowest BCUT2D eigenvalue weighted by Crippen LogP contribution is -2.36. The van der Waals surface area contributed by atoms with Crippen LogP contribution >= 0.6 is 0 Å². The van der Waals surface area contributed by atoms with E-state index in [4.69, 9.17) is 4.74 Å². The Bertz CT molecular complexity index is 286. The number of carbonyl (C=O) groups is 1. The lowest BCUT2D eigenvalue weighted by atomic mass is 9.94. The molecule has 1 heterocycles. The molecule has 0 saturated carbocycles. The molecule has 4 heteroatoms. The molecule has 0 aromatic carbocycles. The van der Waals surface area contributed by atoms with E-state index in [0.29, 0.717) is 19.3 Å². The van der Waals surface area contributed by atoms with E-state index < -0.39 is 0 Å². The SMILES string of the molecule is O=C(NCCOC1CCNCC1)C1CC=CCC1. The van der Waals surface area contributed by atoms with Gasteiger partial charge in [0.25, 0.3) is 0 Å². The molecule has 1 saturated heterocycles. The number of hydrogen-bond acceptors (Lipinski definition) is 3. The van der Waals surface area contributed by atoms with Gasteiger partial charge in [-0.3, -0.25) is 4.79 Å². The van der Waals surface area contributed by atoms with Crippen LogP contribution in [0, 0.1) is 5.92 Å². The highest BCUT2D eigenvalue weighted by molar-refractivity contribution is 5.78. The highest BCUT2D eigenvalue weighted by Gasteiger charge is 2.18. The van der Waals surface area contributed by atoms with E-state index >= 15 is 0 Å². The van der Waals surface area contributed by atoms with Crippen LogP contribution < -0.4 is 10.6 Å². The largest absolute Gasteiger partial charge is 0.376 e. The van der Waals surface area contributed by atoms with Gasteiger partial charge in [-0.2, -0.15) is 0 Å². The van der Waals surface area contributed by atoms with Gasteiger partial charge in [-0.25, -0.2) is 0 Å². The van der Waals surface area contributed by atoms with Crippen molar-refractivity contribution in [1.82, 2.24) is 10.6 Å². The molecule has 0 spiro atoms. The number of allylic oxidation sites excluding steroid dienone is 2. The molecule has 1 fully saturated rings. The molecule has 18 heavy (non-hydrogen) atoms. The van der Waals surface area contributed by atoms with Crippen molar-refractivity contribution in [1.29, 1.82) is 0 Å². The zero-order chi connectivity index (χ0) is 12.6. The summed E-state index contributed by atoms with van der Waals surface area (Å²) in [5, 5.41) is 6.29. The number of carbonyl (C=O) groups excluding carboxylic acids is 1. The van der Waals surface area contributed by atoms with Crippen LogP contribution in [-0.4, -0.2) is 38.3 Å². The molecule has 1 unspecified atom stereocenters. The van der Waals surface area contributed by atoms with Crippen molar-refractivity contribution in [2.24, 2.45) is 5.92 Å². The van der Waals surface area contributed by atoms with Crippen molar-refractivity contribution in [3.63, 3.8) is 0 Å². The summed E-state index contributed by atoms with van der Waals surface area (Å²) in [4.78, 5) is 11.8. The third-order valence-electron chi connectivity index (χ3n) is 3.68. The van der Waals surface area contributed by atoms with Crippen LogP contribution in [0.3, 0.4) is 0 Å². The van der Waals surface area contributed by atoms with Gasteiger partial charge in [0.15, 0.2) is 0 Å². The molecule has 0 aromatic rings. The summed E-state index contributed by atoms with van der Waals surface area (Å²) in [6, 6.07) is 0. The smallest absolute Gasteiger partial charge is 0.223 e. The number of hydrogen-bond donors (Lipinski definition) is 2. The highest BCUT2D eigenvalue weighted by Crippen LogP contribution is 2.17. The number of nitrogens with one attached hydrogen (secondary N) is 2. The lowest BCUT2D eigenvalue weighted by molar-refractivity contribution is -0.125. The Labute approximate surface area is 109 Å². The molecule has 102 valence electrons. The second kappa shape index (κ2) is 7.54. The maximum Gasteiger partial charge on any atom is 0.223 e. The molecule has 4 nitrogen and oxygen atoms in total. The van der Waals surface area contributed by atoms with E-state index in [1.54, 1.807) is 0 Å². The van der Waals surface area contributed by atoms with E-state index in [1.807, 2.05) is 0 Å². The summed E-state index contributed by atoms with van der Waals surface area (Å²) in [5.41, 5.74) is 0. The predicted molar refractivity (Wildman–Crippen MR) is 71.3 cm³/mol. The third-order valence-corrected chi connectivity index (χ3v) is 3.68. The fourth-order valence-corrected chi connectivity index (χ4v) is 2.54. The van der Waals surface area contributed by atoms with Gasteiger partial charge >= 0.3 is 0 Å². The fourth-order valence-electron chi connectivity index (χ4n) is 2.54. The summed E-state index contributed by atoms with van der Waals surface area (Å²) in [6.07, 6.45) is 9.72. The van der Waals surface area contributed by atoms with E-state index in [1.165, 1.54) is 0 Å². The Hall–Kier alpha value is -0.870. The number of amides is 1. The first-order valence-electron chi connectivity index (χ1n) is 7.11. The molecule has 0 bridgehead atoms. The number of rotatable bonds is 5. The summed E-state index contributed by atoms with van der Waals surface area (Å²) in [5.74, 6) is 0.363. The van der Waals surface area contributed by atoms with Crippen molar-refractivity contribution in [2.45, 2.75) is 38.2 Å². The van der Waals surface area contributed by atoms with Crippen molar-refractivity contribution >= 4 is 5.91 Å². The second-order valence-corrected chi connectivity index (χ2v) is 5.09. The van der Waals surface area contributed by atoms with Crippen LogP contribution in [0.15, 0.2) is 12.2 Å². The van der Waals surface area contributed by atoms with Gasteiger partial charge in [-0.1, -0.05) is 12.2 Å². The molecule has 2 rings (SSSR count). The molecule has 1 aliphatic heterocycles. The van der Waals surface area contributed by atoms with Gasteiger partial charge in [-0.15, -0.1) is 0 Å². The molecular weight excluding hydrogens is 228 g/mol. The Balaban J connectivity index is 1.54. The second-order valence-electron chi connectivity index (χ2n) is 5.09. The lowest BCUT2D eigenvalue weighted by Gasteiger charge is -2.23. The van der Waals surface area contributed by atoms with Crippen molar-refractivity contribution < 1.29 is 9.53 Å². The first-order chi connectivity index (χ1) is 8.86. The summed E-state index contributed by atoms with van der Waals surface area (Å²) in [6.45, 7) is 3.37. The van der Waals surface area contributed by atoms with E-state index in [-0.39, 0.29) is 11.8 Å². The predicted octanol–water partition coefficient (Wildman–Crippen LogP) is 1.23. The first-order valence-corrected chi connectivity index (χ1v) is 7.11. The zero-order valence-corrected chi connectivity index (χ0v) is 11.0. The molecule has 0 radical (unpaired) electrons. The molecule has 1 amide bonds. The van der Waals surface area contributed by atoms with E-state index in [9.17, 15) is 4.79 Å². The zero-order valence-electron chi connectivity index (χ0n) is 11.0. The third kappa shape index (κ3) is 4.42. The molecular formula is C14H24N2O2. The minimum Gasteiger partial charge on any atom is -0.376 e. The molecule has 1 atom stereocenters. The Morgan fingerprint density at radius 2 is 2.11 bits per heavy atom. The highest BCUT2D eigenvalue weighted by atomic mass is 16.5. The van der Waals surface area contributed by atoms with Crippen LogP contribution in [0.4, 0.5) is 0 Å². The van der Waals surface area contributed by atoms with Gasteiger partial charge in [-0.05, 0) is 45.2 Å². The van der Waals surface area contributed by atoms with E-state index in [2.05, 4.69) is 22.8 Å². The van der Waals surface area contributed by atoms with Crippen LogP contribution in [0.5, 0.6) is 0 Å². The number of ether oxygens (including phenoxy) is 1. The fraction of sp³-hybridized carbons (Fsp3) is 0.786. The quantitative estimate of drug-likeness (QED) is 0.571. The van der Waals surface area contributed by atoms with Crippen molar-refractivity contribution in [3.05, 3.63) is 12.2 Å². The molecule has 2 N–H and O–H groups in total. The monoisotopic (exact) mass is 252 g/mol. The van der Waals surface area contributed by atoms with Gasteiger partial charge in [0.1, 0.15) is 0 Å². The van der Waals surface area contributed by atoms with Crippen LogP contribution in [0.25, 0.3) is 0 Å². The Morgan fingerprint density at radius 1 is 1.28 bits per heavy atom. The van der Waals surface area contributed by atoms with E-state index in [0.717, 1.165) is 45.2 Å². The van der Waals surface area contributed by atoms with Crippen LogP contribution in [-0.2, 0) is 9.53 Å². The maximum absolute atomic E-state index is 11.8. The van der Waals surface area contributed by atoms with Crippen molar-refractivity contribution in [3.8, 4) is 0 Å². The molecule has 0 aromatic heterocycles. The molecule has 2 aliphatic rings. The molecule has 1 aliphatic carbocycles. The first kappa shape index (κ1) is 13.6. The Kier molecular flexibility index (Phi) is 5.68.